The Morgan fingerprint density at radius 3 is 2.32 bits per heavy atom. The zero-order valence-corrected chi connectivity index (χ0v) is 19.3. The summed E-state index contributed by atoms with van der Waals surface area (Å²) in [5.74, 6) is 1.76. The van der Waals surface area contributed by atoms with Crippen molar-refractivity contribution in [3.05, 3.63) is 34.9 Å². The molecule has 3 atom stereocenters. The fourth-order valence-electron chi connectivity index (χ4n) is 5.92. The molecule has 0 bridgehead atoms. The first-order valence-corrected chi connectivity index (χ1v) is 12.1. The van der Waals surface area contributed by atoms with Gasteiger partial charge in [-0.2, -0.15) is 0 Å². The van der Waals surface area contributed by atoms with E-state index in [-0.39, 0.29) is 5.54 Å². The highest BCUT2D eigenvalue weighted by atomic mass is 35.5. The number of nitrogens with zero attached hydrogens (tertiary/aromatic N) is 2. The van der Waals surface area contributed by atoms with Crippen molar-refractivity contribution < 1.29 is 0 Å². The predicted molar refractivity (Wildman–Crippen MR) is 122 cm³/mol. The second-order valence-corrected chi connectivity index (χ2v) is 9.97. The van der Waals surface area contributed by atoms with Gasteiger partial charge in [0.1, 0.15) is 0 Å². The van der Waals surface area contributed by atoms with Crippen LogP contribution in [0.2, 0.25) is 5.02 Å². The minimum atomic E-state index is 0.154. The molecule has 0 amide bonds. The quantitative estimate of drug-likeness (QED) is 0.506. The molecule has 1 aromatic carbocycles. The molecule has 3 rings (SSSR count). The van der Waals surface area contributed by atoms with Crippen LogP contribution >= 0.6 is 11.6 Å². The van der Waals surface area contributed by atoms with Crippen molar-refractivity contribution in [1.29, 1.82) is 0 Å². The maximum absolute atomic E-state index is 6.20. The van der Waals surface area contributed by atoms with E-state index in [4.69, 9.17) is 11.6 Å². The number of hydrogen-bond acceptors (Lipinski definition) is 2. The Hall–Kier alpha value is -0.570. The summed E-state index contributed by atoms with van der Waals surface area (Å²) in [6, 6.07) is 9.47. The van der Waals surface area contributed by atoms with E-state index in [9.17, 15) is 0 Å². The van der Waals surface area contributed by atoms with E-state index in [0.29, 0.717) is 0 Å². The van der Waals surface area contributed by atoms with Crippen LogP contribution in [0.1, 0.15) is 77.2 Å². The zero-order valence-electron chi connectivity index (χ0n) is 18.6. The molecule has 1 aliphatic carbocycles. The molecule has 0 N–H and O–H groups in total. The maximum Gasteiger partial charge on any atom is 0.0458 e. The van der Waals surface area contributed by atoms with Crippen LogP contribution in [0.25, 0.3) is 0 Å². The highest BCUT2D eigenvalue weighted by molar-refractivity contribution is 6.30. The molecule has 0 aromatic heterocycles. The van der Waals surface area contributed by atoms with Gasteiger partial charge in [0.2, 0.25) is 0 Å². The number of benzene rings is 1. The predicted octanol–water partition coefficient (Wildman–Crippen LogP) is 6.58. The molecule has 1 saturated heterocycles. The second-order valence-electron chi connectivity index (χ2n) is 9.53. The first kappa shape index (κ1) is 22.1. The van der Waals surface area contributed by atoms with Crippen LogP contribution in [-0.2, 0) is 5.54 Å². The number of rotatable bonds is 7. The van der Waals surface area contributed by atoms with Crippen LogP contribution < -0.4 is 0 Å². The van der Waals surface area contributed by atoms with Gasteiger partial charge in [0.25, 0.3) is 0 Å². The first-order valence-electron chi connectivity index (χ1n) is 11.7. The molecule has 2 aliphatic rings. The largest absolute Gasteiger partial charge is 0.300 e. The molecule has 2 fully saturated rings. The molecule has 1 aliphatic heterocycles. The average molecular weight is 405 g/mol. The van der Waals surface area contributed by atoms with E-state index < -0.39 is 0 Å². The van der Waals surface area contributed by atoms with Gasteiger partial charge < -0.3 is 4.90 Å². The number of likely N-dealkylation sites (tertiary alicyclic amines) is 1. The molecular weight excluding hydrogens is 364 g/mol. The lowest BCUT2D eigenvalue weighted by Crippen LogP contribution is -2.54. The van der Waals surface area contributed by atoms with Gasteiger partial charge in [-0.25, -0.2) is 0 Å². The van der Waals surface area contributed by atoms with Crippen LogP contribution in [0.5, 0.6) is 0 Å². The molecular formula is C25H41ClN2. The monoisotopic (exact) mass is 404 g/mol. The fourth-order valence-corrected chi connectivity index (χ4v) is 6.04. The molecule has 0 spiro atoms. The van der Waals surface area contributed by atoms with Gasteiger partial charge >= 0.3 is 0 Å². The van der Waals surface area contributed by atoms with Crippen molar-refractivity contribution >= 4 is 11.6 Å². The summed E-state index contributed by atoms with van der Waals surface area (Å²) >= 11 is 6.20. The minimum Gasteiger partial charge on any atom is -0.300 e. The first-order chi connectivity index (χ1) is 13.5. The molecule has 2 nitrogen and oxygen atoms in total. The summed E-state index contributed by atoms with van der Waals surface area (Å²) in [4.78, 5) is 5.36. The summed E-state index contributed by atoms with van der Waals surface area (Å²) in [5.41, 5.74) is 1.60. The number of hydrogen-bond donors (Lipinski definition) is 0. The number of piperidine rings is 1. The Labute approximate surface area is 178 Å². The van der Waals surface area contributed by atoms with E-state index >= 15 is 0 Å². The summed E-state index contributed by atoms with van der Waals surface area (Å²) < 4.78 is 0. The van der Waals surface area contributed by atoms with Crippen molar-refractivity contribution in [2.45, 2.75) is 83.2 Å². The normalized spacial score (nSPS) is 30.1. The van der Waals surface area contributed by atoms with Gasteiger partial charge in [-0.1, -0.05) is 56.8 Å². The Morgan fingerprint density at radius 2 is 1.75 bits per heavy atom. The van der Waals surface area contributed by atoms with Gasteiger partial charge in [0.15, 0.2) is 0 Å². The Bertz CT molecular complexity index is 591. The summed E-state index contributed by atoms with van der Waals surface area (Å²) in [6.07, 6.45) is 12.1. The Morgan fingerprint density at radius 1 is 1.07 bits per heavy atom. The third-order valence-electron chi connectivity index (χ3n) is 7.86. The SMILES string of the molecule is CCCCC1CC(c2ccc(Cl)cc2)(N(C)C)CCC1N1CCC(CC)CC1. The summed E-state index contributed by atoms with van der Waals surface area (Å²) in [5, 5.41) is 0.840. The Balaban J connectivity index is 1.80. The van der Waals surface area contributed by atoms with Gasteiger partial charge in [0, 0.05) is 16.6 Å². The van der Waals surface area contributed by atoms with Crippen molar-refractivity contribution in [3.8, 4) is 0 Å². The zero-order chi connectivity index (χ0) is 20.1. The lowest BCUT2D eigenvalue weighted by atomic mass is 9.67. The average Bonchev–Trinajstić information content (AvgIpc) is 2.72. The smallest absolute Gasteiger partial charge is 0.0458 e. The number of unbranched alkanes of at least 4 members (excludes halogenated alkanes) is 1. The molecule has 1 aromatic rings. The van der Waals surface area contributed by atoms with E-state index in [1.54, 1.807) is 0 Å². The fraction of sp³-hybridized carbons (Fsp3) is 0.760. The van der Waals surface area contributed by atoms with Crippen molar-refractivity contribution in [1.82, 2.24) is 9.80 Å². The van der Waals surface area contributed by atoms with Crippen molar-refractivity contribution in [2.75, 3.05) is 27.2 Å². The lowest BCUT2D eigenvalue weighted by molar-refractivity contribution is -0.00716. The molecule has 3 heteroatoms. The number of halogens is 1. The molecule has 0 radical (unpaired) electrons. The van der Waals surface area contributed by atoms with E-state index in [1.165, 1.54) is 76.4 Å². The molecule has 1 heterocycles. The summed E-state index contributed by atoms with van der Waals surface area (Å²) in [6.45, 7) is 7.34. The van der Waals surface area contributed by atoms with Crippen LogP contribution in [0.3, 0.4) is 0 Å². The molecule has 158 valence electrons. The second kappa shape index (κ2) is 9.96. The molecule has 1 saturated carbocycles. The van der Waals surface area contributed by atoms with Crippen molar-refractivity contribution in [3.63, 3.8) is 0 Å². The standard InChI is InChI=1S/C25H41ClN2/c1-5-7-8-21-19-25(27(3)4,22-9-11-23(26)12-10-22)16-13-24(21)28-17-14-20(6-2)15-18-28/h9-12,20-21,24H,5-8,13-19H2,1-4H3. The highest BCUT2D eigenvalue weighted by Crippen LogP contribution is 2.47. The van der Waals surface area contributed by atoms with Gasteiger partial charge in [-0.05, 0) is 95.2 Å². The third kappa shape index (κ3) is 4.77. The topological polar surface area (TPSA) is 6.48 Å². The van der Waals surface area contributed by atoms with E-state index in [0.717, 1.165) is 22.9 Å². The lowest BCUT2D eigenvalue weighted by Gasteiger charge is -2.52. The van der Waals surface area contributed by atoms with Crippen LogP contribution in [-0.4, -0.2) is 43.0 Å². The van der Waals surface area contributed by atoms with Crippen LogP contribution in [0.4, 0.5) is 0 Å². The third-order valence-corrected chi connectivity index (χ3v) is 8.11. The molecule has 3 unspecified atom stereocenters. The maximum atomic E-state index is 6.20. The van der Waals surface area contributed by atoms with E-state index in [2.05, 4.69) is 62.0 Å². The Kier molecular flexibility index (Phi) is 7.87. The minimum absolute atomic E-state index is 0.154. The van der Waals surface area contributed by atoms with Crippen LogP contribution in [0, 0.1) is 11.8 Å². The summed E-state index contributed by atoms with van der Waals surface area (Å²) in [7, 11) is 4.55. The van der Waals surface area contributed by atoms with E-state index in [1.807, 2.05) is 0 Å². The van der Waals surface area contributed by atoms with Crippen molar-refractivity contribution in [2.24, 2.45) is 11.8 Å². The van der Waals surface area contributed by atoms with Crippen LogP contribution in [0.15, 0.2) is 24.3 Å². The van der Waals surface area contributed by atoms with Gasteiger partial charge in [-0.3, -0.25) is 4.90 Å². The molecule has 28 heavy (non-hydrogen) atoms. The highest BCUT2D eigenvalue weighted by Gasteiger charge is 2.45. The van der Waals surface area contributed by atoms with Gasteiger partial charge in [-0.15, -0.1) is 0 Å². The van der Waals surface area contributed by atoms with Gasteiger partial charge in [0.05, 0.1) is 0 Å².